The van der Waals surface area contributed by atoms with E-state index in [1.807, 2.05) is 0 Å². The molecule has 4 heteroatoms. The van der Waals surface area contributed by atoms with Crippen LogP contribution in [0.5, 0.6) is 5.75 Å². The summed E-state index contributed by atoms with van der Waals surface area (Å²) in [5, 5.41) is 3.99. The first-order valence-corrected chi connectivity index (χ1v) is 4.79. The third-order valence-electron chi connectivity index (χ3n) is 2.15. The molecule has 0 amide bonds. The molecular weight excluding hydrogens is 180 g/mol. The summed E-state index contributed by atoms with van der Waals surface area (Å²) < 4.78 is 6.63. The molecule has 78 valence electrons. The van der Waals surface area contributed by atoms with Crippen molar-refractivity contribution >= 4 is 5.78 Å². The predicted molar refractivity (Wildman–Crippen MR) is 53.6 cm³/mol. The Kier molecular flexibility index (Phi) is 3.68. The van der Waals surface area contributed by atoms with E-state index < -0.39 is 0 Å². The highest BCUT2D eigenvalue weighted by atomic mass is 16.5. The lowest BCUT2D eigenvalue weighted by Gasteiger charge is -2.03. The van der Waals surface area contributed by atoms with Crippen molar-refractivity contribution in [3.63, 3.8) is 0 Å². The number of hydrogen-bond donors (Lipinski definition) is 0. The van der Waals surface area contributed by atoms with Crippen LogP contribution >= 0.6 is 0 Å². The average molecular weight is 196 g/mol. The number of ketones is 1. The number of hydrogen-bond acceptors (Lipinski definition) is 3. The van der Waals surface area contributed by atoms with Crippen molar-refractivity contribution in [3.05, 3.63) is 11.9 Å². The number of ether oxygens (including phenoxy) is 1. The number of methoxy groups -OCH3 is 1. The van der Waals surface area contributed by atoms with Crippen LogP contribution in [0.4, 0.5) is 0 Å². The molecule has 1 aromatic rings. The predicted octanol–water partition coefficient (Wildman–Crippen LogP) is 1.80. The van der Waals surface area contributed by atoms with E-state index in [9.17, 15) is 4.79 Å². The minimum atomic E-state index is 0.101. The van der Waals surface area contributed by atoms with Crippen LogP contribution in [0.25, 0.3) is 0 Å². The maximum absolute atomic E-state index is 11.7. The maximum Gasteiger partial charge on any atom is 0.184 e. The van der Waals surface area contributed by atoms with E-state index in [-0.39, 0.29) is 5.78 Å². The van der Waals surface area contributed by atoms with Crippen molar-refractivity contribution < 1.29 is 9.53 Å². The summed E-state index contributed by atoms with van der Waals surface area (Å²) in [7, 11) is 3.30. The molecular formula is C10H16N2O2. The molecule has 1 heterocycles. The zero-order chi connectivity index (χ0) is 10.6. The van der Waals surface area contributed by atoms with E-state index >= 15 is 0 Å². The van der Waals surface area contributed by atoms with E-state index in [0.717, 1.165) is 12.8 Å². The number of unbranched alkanes of at least 4 members (excludes halogenated alkanes) is 1. The van der Waals surface area contributed by atoms with Crippen LogP contribution in [-0.2, 0) is 7.05 Å². The molecule has 0 atom stereocenters. The molecule has 0 aromatic carbocycles. The zero-order valence-corrected chi connectivity index (χ0v) is 8.91. The Morgan fingerprint density at radius 1 is 1.64 bits per heavy atom. The second-order valence-electron chi connectivity index (χ2n) is 3.21. The van der Waals surface area contributed by atoms with Crippen LogP contribution in [0.15, 0.2) is 6.20 Å². The van der Waals surface area contributed by atoms with Gasteiger partial charge in [-0.15, -0.1) is 0 Å². The molecule has 0 spiro atoms. The van der Waals surface area contributed by atoms with Gasteiger partial charge in [-0.1, -0.05) is 13.3 Å². The number of aromatic nitrogens is 2. The van der Waals surface area contributed by atoms with Crippen molar-refractivity contribution in [2.45, 2.75) is 26.2 Å². The lowest BCUT2D eigenvalue weighted by Crippen LogP contribution is -2.08. The van der Waals surface area contributed by atoms with Crippen LogP contribution in [0.1, 0.15) is 36.7 Å². The van der Waals surface area contributed by atoms with Crippen molar-refractivity contribution in [1.82, 2.24) is 9.78 Å². The van der Waals surface area contributed by atoms with E-state index in [2.05, 4.69) is 12.0 Å². The molecule has 0 bridgehead atoms. The topological polar surface area (TPSA) is 44.1 Å². The average Bonchev–Trinajstić information content (AvgIpc) is 2.56. The smallest absolute Gasteiger partial charge is 0.184 e. The fraction of sp³-hybridized carbons (Fsp3) is 0.600. The minimum Gasteiger partial charge on any atom is -0.493 e. The number of aryl methyl sites for hydroxylation is 1. The van der Waals surface area contributed by atoms with Gasteiger partial charge in [0.25, 0.3) is 0 Å². The molecule has 4 nitrogen and oxygen atoms in total. The van der Waals surface area contributed by atoms with Gasteiger partial charge in [-0.2, -0.15) is 5.10 Å². The standard InChI is InChI=1S/C10H16N2O2/c1-4-5-6-8(13)10-9(14-3)7-11-12(10)2/h7H,4-6H2,1-3H3. The Morgan fingerprint density at radius 3 is 2.93 bits per heavy atom. The van der Waals surface area contributed by atoms with Gasteiger partial charge in [0, 0.05) is 13.5 Å². The van der Waals surface area contributed by atoms with Gasteiger partial charge in [0.1, 0.15) is 5.69 Å². The van der Waals surface area contributed by atoms with Crippen molar-refractivity contribution in [1.29, 1.82) is 0 Å². The lowest BCUT2D eigenvalue weighted by atomic mass is 10.1. The maximum atomic E-state index is 11.7. The molecule has 0 aliphatic rings. The second-order valence-corrected chi connectivity index (χ2v) is 3.21. The molecule has 14 heavy (non-hydrogen) atoms. The normalized spacial score (nSPS) is 10.2. The van der Waals surface area contributed by atoms with Gasteiger partial charge in [-0.25, -0.2) is 0 Å². The number of nitrogens with zero attached hydrogens (tertiary/aromatic N) is 2. The molecule has 1 aromatic heterocycles. The third-order valence-corrected chi connectivity index (χ3v) is 2.15. The highest BCUT2D eigenvalue weighted by molar-refractivity contribution is 5.96. The summed E-state index contributed by atoms with van der Waals surface area (Å²) in [6, 6.07) is 0. The molecule has 0 aliphatic heterocycles. The fourth-order valence-corrected chi connectivity index (χ4v) is 1.34. The molecule has 0 N–H and O–H groups in total. The summed E-state index contributed by atoms with van der Waals surface area (Å²) >= 11 is 0. The highest BCUT2D eigenvalue weighted by Gasteiger charge is 2.16. The van der Waals surface area contributed by atoms with Gasteiger partial charge in [0.05, 0.1) is 13.3 Å². The van der Waals surface area contributed by atoms with Crippen molar-refractivity contribution in [3.8, 4) is 5.75 Å². The second kappa shape index (κ2) is 4.79. The van der Waals surface area contributed by atoms with E-state index in [1.54, 1.807) is 25.0 Å². The first-order chi connectivity index (χ1) is 6.70. The molecule has 0 aliphatic carbocycles. The van der Waals surface area contributed by atoms with Gasteiger partial charge in [-0.05, 0) is 6.42 Å². The van der Waals surface area contributed by atoms with Crippen LogP contribution in [0, 0.1) is 0 Å². The molecule has 0 fully saturated rings. The van der Waals surface area contributed by atoms with Crippen LogP contribution in [-0.4, -0.2) is 22.7 Å². The van der Waals surface area contributed by atoms with Crippen LogP contribution in [0.3, 0.4) is 0 Å². The first kappa shape index (κ1) is 10.8. The largest absolute Gasteiger partial charge is 0.493 e. The Hall–Kier alpha value is -1.32. The van der Waals surface area contributed by atoms with E-state index in [4.69, 9.17) is 4.74 Å². The SMILES string of the molecule is CCCCC(=O)c1c(OC)cnn1C. The quantitative estimate of drug-likeness (QED) is 0.674. The van der Waals surface area contributed by atoms with E-state index in [1.165, 1.54) is 0 Å². The van der Waals surface area contributed by atoms with Crippen LogP contribution in [0.2, 0.25) is 0 Å². The highest BCUT2D eigenvalue weighted by Crippen LogP contribution is 2.18. The number of carbonyl (C=O) groups excluding carboxylic acids is 1. The Bertz CT molecular complexity index is 318. The minimum absolute atomic E-state index is 0.101. The van der Waals surface area contributed by atoms with Gasteiger partial charge in [0.2, 0.25) is 0 Å². The summed E-state index contributed by atoms with van der Waals surface area (Å²) in [5.41, 5.74) is 0.570. The molecule has 0 radical (unpaired) electrons. The Labute approximate surface area is 83.9 Å². The van der Waals surface area contributed by atoms with Crippen molar-refractivity contribution in [2.75, 3.05) is 7.11 Å². The Balaban J connectivity index is 2.82. The van der Waals surface area contributed by atoms with E-state index in [0.29, 0.717) is 17.9 Å². The van der Waals surface area contributed by atoms with Gasteiger partial charge in [0.15, 0.2) is 11.5 Å². The lowest BCUT2D eigenvalue weighted by molar-refractivity contribution is 0.0967. The molecule has 0 saturated heterocycles. The molecule has 0 unspecified atom stereocenters. The van der Waals surface area contributed by atoms with Gasteiger partial charge < -0.3 is 4.74 Å². The molecule has 1 rings (SSSR count). The third kappa shape index (κ3) is 2.13. The summed E-state index contributed by atoms with van der Waals surface area (Å²) in [4.78, 5) is 11.7. The van der Waals surface area contributed by atoms with Crippen molar-refractivity contribution in [2.24, 2.45) is 7.05 Å². The summed E-state index contributed by atoms with van der Waals surface area (Å²) in [6.45, 7) is 2.06. The van der Waals surface area contributed by atoms with Gasteiger partial charge in [-0.3, -0.25) is 9.48 Å². The Morgan fingerprint density at radius 2 is 2.36 bits per heavy atom. The molecule has 0 saturated carbocycles. The first-order valence-electron chi connectivity index (χ1n) is 4.79. The summed E-state index contributed by atoms with van der Waals surface area (Å²) in [6.07, 6.45) is 4.06. The summed E-state index contributed by atoms with van der Waals surface area (Å²) in [5.74, 6) is 0.664. The zero-order valence-electron chi connectivity index (χ0n) is 8.91. The fourth-order valence-electron chi connectivity index (χ4n) is 1.34. The monoisotopic (exact) mass is 196 g/mol. The van der Waals surface area contributed by atoms with Crippen LogP contribution < -0.4 is 4.74 Å². The number of carbonyl (C=O) groups is 1. The van der Waals surface area contributed by atoms with Gasteiger partial charge >= 0.3 is 0 Å². The number of rotatable bonds is 5. The number of Topliss-reactive ketones (excluding diaryl/α,β-unsaturated/α-hetero) is 1.